The number of aliphatic hydroxyl groups is 1. The average molecular weight is 380 g/mol. The summed E-state index contributed by atoms with van der Waals surface area (Å²) >= 11 is 0. The molecule has 0 aromatic carbocycles. The fraction of sp³-hybridized carbons (Fsp3) is 0.538. The van der Waals surface area contributed by atoms with E-state index < -0.39 is 0 Å². The van der Waals surface area contributed by atoms with E-state index in [0.717, 1.165) is 38.8 Å². The van der Waals surface area contributed by atoms with Gasteiger partial charge in [0.2, 0.25) is 0 Å². The summed E-state index contributed by atoms with van der Waals surface area (Å²) in [4.78, 5) is 2.70. The predicted molar refractivity (Wildman–Crippen MR) is 120 cm³/mol. The van der Waals surface area contributed by atoms with Crippen LogP contribution in [0.25, 0.3) is 0 Å². The van der Waals surface area contributed by atoms with Gasteiger partial charge < -0.3 is 5.11 Å². The van der Waals surface area contributed by atoms with Crippen molar-refractivity contribution in [3.8, 4) is 0 Å². The molecule has 2 nitrogen and oxygen atoms in total. The molecule has 3 rings (SSSR count). The molecule has 0 saturated carbocycles. The molecular formula is C26H37NO. The molecule has 0 saturated heterocycles. The van der Waals surface area contributed by atoms with Crippen LogP contribution in [-0.4, -0.2) is 35.7 Å². The van der Waals surface area contributed by atoms with Crippen LogP contribution in [0.4, 0.5) is 0 Å². The number of hydrogen-bond donors (Lipinski definition) is 1. The molecule has 0 spiro atoms. The smallest absolute Gasteiger partial charge is 0.0474 e. The van der Waals surface area contributed by atoms with E-state index in [1.807, 2.05) is 0 Å². The second kappa shape index (κ2) is 11.6. The minimum atomic E-state index is 0.273. The van der Waals surface area contributed by atoms with Crippen molar-refractivity contribution in [1.29, 1.82) is 0 Å². The lowest BCUT2D eigenvalue weighted by Gasteiger charge is -2.40. The van der Waals surface area contributed by atoms with Crippen LogP contribution in [0.3, 0.4) is 0 Å². The number of allylic oxidation sites excluding steroid dienone is 8. The Morgan fingerprint density at radius 3 is 2.61 bits per heavy atom. The van der Waals surface area contributed by atoms with Gasteiger partial charge >= 0.3 is 0 Å². The Balaban J connectivity index is 1.79. The molecule has 152 valence electrons. The van der Waals surface area contributed by atoms with Crippen LogP contribution in [0.15, 0.2) is 60.3 Å². The van der Waals surface area contributed by atoms with Crippen LogP contribution in [0.2, 0.25) is 0 Å². The van der Waals surface area contributed by atoms with Crippen LogP contribution < -0.4 is 0 Å². The molecule has 0 aliphatic heterocycles. The minimum absolute atomic E-state index is 0.273. The maximum Gasteiger partial charge on any atom is 0.0474 e. The van der Waals surface area contributed by atoms with Crippen molar-refractivity contribution in [2.24, 2.45) is 17.8 Å². The third-order valence-electron chi connectivity index (χ3n) is 6.39. The first kappa shape index (κ1) is 21.3. The zero-order valence-corrected chi connectivity index (χ0v) is 17.4. The second-order valence-electron chi connectivity index (χ2n) is 8.47. The van der Waals surface area contributed by atoms with E-state index in [9.17, 15) is 5.11 Å². The first-order valence-electron chi connectivity index (χ1n) is 11.2. The molecule has 3 atom stereocenters. The third kappa shape index (κ3) is 6.32. The molecule has 28 heavy (non-hydrogen) atoms. The van der Waals surface area contributed by atoms with Crippen molar-refractivity contribution in [2.75, 3.05) is 19.7 Å². The summed E-state index contributed by atoms with van der Waals surface area (Å²) in [5.41, 5.74) is 1.45. The molecule has 1 N–H and O–H groups in total. The Labute approximate surface area is 172 Å². The van der Waals surface area contributed by atoms with Gasteiger partial charge in [-0.1, -0.05) is 61.6 Å². The fourth-order valence-electron chi connectivity index (χ4n) is 4.69. The summed E-state index contributed by atoms with van der Waals surface area (Å²) < 4.78 is 0. The van der Waals surface area contributed by atoms with Crippen molar-refractivity contribution < 1.29 is 5.11 Å². The molecule has 2 unspecified atom stereocenters. The standard InChI is InChI=1S/C26H37NO/c1-2-25(21-28)26(18-22-12-6-3-7-13-22)27(19-23-14-8-4-9-15-23)20-24-16-10-5-11-17-24/h3-4,6-10,12-13,16-17,22-23,25-26,28H,2,5,11,14-15,18-21H2,1H3/t25-,26?/m1/s1. The molecule has 3 aliphatic carbocycles. The monoisotopic (exact) mass is 379 g/mol. The third-order valence-corrected chi connectivity index (χ3v) is 6.39. The van der Waals surface area contributed by atoms with Gasteiger partial charge in [-0.05, 0) is 68.3 Å². The van der Waals surface area contributed by atoms with Crippen molar-refractivity contribution in [3.63, 3.8) is 0 Å². The molecule has 0 heterocycles. The van der Waals surface area contributed by atoms with Crippen molar-refractivity contribution in [2.45, 2.75) is 51.5 Å². The van der Waals surface area contributed by atoms with Crippen LogP contribution in [0.5, 0.6) is 0 Å². The van der Waals surface area contributed by atoms with Crippen LogP contribution in [-0.2, 0) is 0 Å². The summed E-state index contributed by atoms with van der Waals surface area (Å²) in [5.74, 6) is 1.47. The van der Waals surface area contributed by atoms with Crippen LogP contribution in [0.1, 0.15) is 45.4 Å². The summed E-state index contributed by atoms with van der Waals surface area (Å²) in [7, 11) is 0. The Morgan fingerprint density at radius 2 is 1.96 bits per heavy atom. The first-order valence-corrected chi connectivity index (χ1v) is 11.2. The van der Waals surface area contributed by atoms with Crippen LogP contribution in [0, 0.1) is 30.6 Å². The van der Waals surface area contributed by atoms with Gasteiger partial charge in [-0.15, -0.1) is 0 Å². The Hall–Kier alpha value is -1.38. The molecule has 0 aromatic heterocycles. The molecule has 0 amide bonds. The molecule has 2 radical (unpaired) electrons. The van der Waals surface area contributed by atoms with E-state index in [1.165, 1.54) is 18.4 Å². The summed E-state index contributed by atoms with van der Waals surface area (Å²) in [5, 5.41) is 10.2. The Morgan fingerprint density at radius 1 is 1.11 bits per heavy atom. The zero-order chi connectivity index (χ0) is 19.6. The first-order chi connectivity index (χ1) is 13.8. The van der Waals surface area contributed by atoms with Crippen molar-refractivity contribution >= 4 is 0 Å². The van der Waals surface area contributed by atoms with Gasteiger partial charge in [0.1, 0.15) is 0 Å². The molecule has 3 aliphatic rings. The maximum atomic E-state index is 10.2. The fourth-order valence-corrected chi connectivity index (χ4v) is 4.69. The molecule has 0 bridgehead atoms. The van der Waals surface area contributed by atoms with E-state index in [2.05, 4.69) is 79.3 Å². The predicted octanol–water partition coefficient (Wildman–Crippen LogP) is 5.46. The summed E-state index contributed by atoms with van der Waals surface area (Å²) in [6, 6.07) is 0.398. The highest BCUT2D eigenvalue weighted by Gasteiger charge is 2.30. The lowest BCUT2D eigenvalue weighted by atomic mass is 9.84. The van der Waals surface area contributed by atoms with Crippen LogP contribution >= 0.6 is 0 Å². The largest absolute Gasteiger partial charge is 0.396 e. The van der Waals surface area contributed by atoms with Crippen molar-refractivity contribution in [3.05, 3.63) is 73.1 Å². The summed E-state index contributed by atoms with van der Waals surface area (Å²) in [6.07, 6.45) is 31.7. The van der Waals surface area contributed by atoms with Gasteiger partial charge in [0.25, 0.3) is 0 Å². The Kier molecular flexibility index (Phi) is 8.82. The normalized spacial score (nSPS) is 24.5. The van der Waals surface area contributed by atoms with Gasteiger partial charge in [0, 0.05) is 32.2 Å². The average Bonchev–Trinajstić information content (AvgIpc) is 2.76. The van der Waals surface area contributed by atoms with E-state index in [1.54, 1.807) is 0 Å². The maximum absolute atomic E-state index is 10.2. The SMILES string of the molecule is CC[C@H](CO)C(CC1C=C[CH]C=C1)N(CC1=CCCC=C1)CC1C[CH]C=CC1. The Bertz CT molecular complexity index is 596. The number of hydrogen-bond acceptors (Lipinski definition) is 2. The van der Waals surface area contributed by atoms with Crippen molar-refractivity contribution in [1.82, 2.24) is 4.90 Å². The van der Waals surface area contributed by atoms with Gasteiger partial charge in [-0.2, -0.15) is 0 Å². The molecule has 0 fully saturated rings. The van der Waals surface area contributed by atoms with E-state index in [-0.39, 0.29) is 6.61 Å². The zero-order valence-electron chi connectivity index (χ0n) is 17.4. The second-order valence-corrected chi connectivity index (χ2v) is 8.47. The summed E-state index contributed by atoms with van der Waals surface area (Å²) in [6.45, 7) is 4.61. The molecule has 0 aromatic rings. The van der Waals surface area contributed by atoms with Gasteiger partial charge in [-0.25, -0.2) is 0 Å². The van der Waals surface area contributed by atoms with Gasteiger partial charge in [0.15, 0.2) is 0 Å². The topological polar surface area (TPSA) is 23.5 Å². The molecule has 2 heteroatoms. The number of aliphatic hydroxyl groups excluding tert-OH is 1. The van der Waals surface area contributed by atoms with Gasteiger partial charge in [-0.3, -0.25) is 4.90 Å². The highest BCUT2D eigenvalue weighted by atomic mass is 16.3. The number of rotatable bonds is 10. The lowest BCUT2D eigenvalue weighted by molar-refractivity contribution is 0.0782. The lowest BCUT2D eigenvalue weighted by Crippen LogP contribution is -2.46. The van der Waals surface area contributed by atoms with E-state index in [0.29, 0.717) is 23.8 Å². The van der Waals surface area contributed by atoms with Gasteiger partial charge in [0.05, 0.1) is 0 Å². The quantitative estimate of drug-likeness (QED) is 0.545. The van der Waals surface area contributed by atoms with E-state index >= 15 is 0 Å². The highest BCUT2D eigenvalue weighted by Crippen LogP contribution is 2.29. The highest BCUT2D eigenvalue weighted by molar-refractivity contribution is 5.24. The number of nitrogens with zero attached hydrogens (tertiary/aromatic N) is 1. The van der Waals surface area contributed by atoms with E-state index in [4.69, 9.17) is 0 Å². The molecular weight excluding hydrogens is 342 g/mol. The minimum Gasteiger partial charge on any atom is -0.396 e.